The van der Waals surface area contributed by atoms with E-state index in [-0.39, 0.29) is 18.1 Å². The van der Waals surface area contributed by atoms with Gasteiger partial charge in [-0.25, -0.2) is 0 Å². The number of para-hydroxylation sites is 2. The molecule has 116 valence electrons. The SMILES string of the molecule is O=C1C/C(=C/NNc2ccccc2Br)C(=O)c2ccccc2N1. The van der Waals surface area contributed by atoms with E-state index in [4.69, 9.17) is 0 Å². The van der Waals surface area contributed by atoms with Crippen LogP contribution in [0.1, 0.15) is 16.8 Å². The van der Waals surface area contributed by atoms with E-state index in [2.05, 4.69) is 32.1 Å². The van der Waals surface area contributed by atoms with Crippen LogP contribution in [0.4, 0.5) is 11.4 Å². The molecule has 5 nitrogen and oxygen atoms in total. The Morgan fingerprint density at radius 1 is 1.04 bits per heavy atom. The van der Waals surface area contributed by atoms with E-state index in [0.717, 1.165) is 10.2 Å². The van der Waals surface area contributed by atoms with E-state index < -0.39 is 0 Å². The highest BCUT2D eigenvalue weighted by Gasteiger charge is 2.23. The number of Topliss-reactive ketones (excluding diaryl/α,β-unsaturated/α-hetero) is 1. The van der Waals surface area contributed by atoms with Crippen molar-refractivity contribution in [2.75, 3.05) is 10.7 Å². The molecular weight excluding hydrogens is 358 g/mol. The second-order valence-electron chi connectivity index (χ2n) is 5.02. The number of anilines is 2. The van der Waals surface area contributed by atoms with Gasteiger partial charge in [0.25, 0.3) is 0 Å². The predicted octanol–water partition coefficient (Wildman–Crippen LogP) is 3.47. The molecule has 0 bridgehead atoms. The summed E-state index contributed by atoms with van der Waals surface area (Å²) in [7, 11) is 0. The molecule has 0 unspecified atom stereocenters. The first-order chi connectivity index (χ1) is 11.1. The van der Waals surface area contributed by atoms with E-state index in [1.807, 2.05) is 24.3 Å². The number of amides is 1. The summed E-state index contributed by atoms with van der Waals surface area (Å²) in [5, 5.41) is 2.74. The average molecular weight is 372 g/mol. The molecule has 3 rings (SSSR count). The third-order valence-corrected chi connectivity index (χ3v) is 4.11. The summed E-state index contributed by atoms with van der Waals surface area (Å²) in [6, 6.07) is 14.6. The first-order valence-corrected chi connectivity index (χ1v) is 7.83. The molecule has 0 fully saturated rings. The zero-order valence-corrected chi connectivity index (χ0v) is 13.7. The first-order valence-electron chi connectivity index (χ1n) is 7.04. The van der Waals surface area contributed by atoms with Gasteiger partial charge in [0.1, 0.15) is 0 Å². The highest BCUT2D eigenvalue weighted by molar-refractivity contribution is 9.10. The molecule has 6 heteroatoms. The predicted molar refractivity (Wildman–Crippen MR) is 93.0 cm³/mol. The minimum atomic E-state index is -0.211. The van der Waals surface area contributed by atoms with E-state index in [0.29, 0.717) is 16.8 Å². The maximum Gasteiger partial charge on any atom is 0.229 e. The largest absolute Gasteiger partial charge is 0.325 e. The summed E-state index contributed by atoms with van der Waals surface area (Å²) in [4.78, 5) is 24.5. The molecule has 1 heterocycles. The highest BCUT2D eigenvalue weighted by Crippen LogP contribution is 2.24. The summed E-state index contributed by atoms with van der Waals surface area (Å²) in [6.45, 7) is 0. The number of ketones is 1. The van der Waals surface area contributed by atoms with Crippen molar-refractivity contribution in [2.45, 2.75) is 6.42 Å². The molecular formula is C17H14BrN3O2. The van der Waals surface area contributed by atoms with Crippen molar-refractivity contribution in [1.82, 2.24) is 5.43 Å². The van der Waals surface area contributed by atoms with Crippen molar-refractivity contribution in [2.24, 2.45) is 0 Å². The Kier molecular flexibility index (Phi) is 4.43. The summed E-state index contributed by atoms with van der Waals surface area (Å²) < 4.78 is 0.890. The molecule has 2 aromatic carbocycles. The molecule has 1 amide bonds. The van der Waals surface area contributed by atoms with Crippen LogP contribution in [0, 0.1) is 0 Å². The molecule has 3 N–H and O–H groups in total. The Balaban J connectivity index is 1.80. The van der Waals surface area contributed by atoms with Crippen LogP contribution in [0.5, 0.6) is 0 Å². The Labute approximate surface area is 141 Å². The summed E-state index contributed by atoms with van der Waals surface area (Å²) in [5.74, 6) is -0.377. The molecule has 0 saturated heterocycles. The van der Waals surface area contributed by atoms with Gasteiger partial charge in [-0.1, -0.05) is 24.3 Å². The van der Waals surface area contributed by atoms with Crippen LogP contribution < -0.4 is 16.2 Å². The lowest BCUT2D eigenvalue weighted by Crippen LogP contribution is -2.18. The summed E-state index contributed by atoms with van der Waals surface area (Å²) >= 11 is 3.42. The lowest BCUT2D eigenvalue weighted by molar-refractivity contribution is -0.115. The van der Waals surface area contributed by atoms with Crippen LogP contribution in [0.3, 0.4) is 0 Å². The van der Waals surface area contributed by atoms with Crippen molar-refractivity contribution in [3.63, 3.8) is 0 Å². The molecule has 1 aliphatic heterocycles. The number of benzene rings is 2. The normalized spacial score (nSPS) is 15.6. The maximum absolute atomic E-state index is 12.6. The fourth-order valence-corrected chi connectivity index (χ4v) is 2.67. The molecule has 0 aromatic heterocycles. The monoisotopic (exact) mass is 371 g/mol. The molecule has 0 radical (unpaired) electrons. The highest BCUT2D eigenvalue weighted by atomic mass is 79.9. The van der Waals surface area contributed by atoms with Crippen LogP contribution in [-0.4, -0.2) is 11.7 Å². The maximum atomic E-state index is 12.6. The molecule has 0 atom stereocenters. The fourth-order valence-electron chi connectivity index (χ4n) is 2.29. The quantitative estimate of drug-likeness (QED) is 0.570. The number of rotatable bonds is 3. The Morgan fingerprint density at radius 2 is 1.78 bits per heavy atom. The molecule has 0 saturated carbocycles. The second kappa shape index (κ2) is 6.66. The number of carbonyl (C=O) groups excluding carboxylic acids is 2. The topological polar surface area (TPSA) is 70.2 Å². The van der Waals surface area contributed by atoms with E-state index in [1.165, 1.54) is 6.20 Å². The van der Waals surface area contributed by atoms with Crippen LogP contribution in [0.2, 0.25) is 0 Å². The van der Waals surface area contributed by atoms with E-state index in [9.17, 15) is 9.59 Å². The van der Waals surface area contributed by atoms with E-state index in [1.54, 1.807) is 24.3 Å². The van der Waals surface area contributed by atoms with Crippen molar-refractivity contribution < 1.29 is 9.59 Å². The third-order valence-electron chi connectivity index (χ3n) is 3.42. The zero-order valence-electron chi connectivity index (χ0n) is 12.1. The number of halogens is 1. The third kappa shape index (κ3) is 3.43. The standard InChI is InChI=1S/C17H14BrN3O2/c18-13-6-2-4-8-15(13)21-19-10-11-9-16(22)20-14-7-3-1-5-12(14)17(11)23/h1-8,10,19,21H,9H2,(H,20,22)/b11-10-. The molecule has 0 aliphatic carbocycles. The van der Waals surface area contributed by atoms with Gasteiger partial charge in [-0.3, -0.25) is 9.59 Å². The minimum absolute atomic E-state index is 0.0259. The van der Waals surface area contributed by atoms with Gasteiger partial charge in [-0.2, -0.15) is 0 Å². The fraction of sp³-hybridized carbons (Fsp3) is 0.0588. The van der Waals surface area contributed by atoms with Gasteiger partial charge < -0.3 is 16.2 Å². The van der Waals surface area contributed by atoms with Gasteiger partial charge in [-0.15, -0.1) is 0 Å². The van der Waals surface area contributed by atoms with Crippen LogP contribution >= 0.6 is 15.9 Å². The van der Waals surface area contributed by atoms with Gasteiger partial charge >= 0.3 is 0 Å². The Hall–Kier alpha value is -2.60. The number of fused-ring (bicyclic) bond motifs is 1. The molecule has 2 aromatic rings. The zero-order chi connectivity index (χ0) is 16.2. The molecule has 1 aliphatic rings. The van der Waals surface area contributed by atoms with Gasteiger partial charge in [-0.05, 0) is 40.2 Å². The first kappa shape index (κ1) is 15.3. The lowest BCUT2D eigenvalue weighted by atomic mass is 10.0. The van der Waals surface area contributed by atoms with Gasteiger partial charge in [0.05, 0.1) is 17.8 Å². The van der Waals surface area contributed by atoms with Crippen molar-refractivity contribution in [3.05, 3.63) is 70.3 Å². The number of hydrogen-bond donors (Lipinski definition) is 3. The summed E-state index contributed by atoms with van der Waals surface area (Å²) in [5.41, 5.74) is 8.12. The van der Waals surface area contributed by atoms with Crippen molar-refractivity contribution in [3.8, 4) is 0 Å². The van der Waals surface area contributed by atoms with Crippen molar-refractivity contribution >= 4 is 39.0 Å². The van der Waals surface area contributed by atoms with Gasteiger partial charge in [0, 0.05) is 21.8 Å². The Morgan fingerprint density at radius 3 is 2.61 bits per heavy atom. The number of hydrogen-bond acceptors (Lipinski definition) is 4. The number of carbonyl (C=O) groups is 2. The van der Waals surface area contributed by atoms with Crippen LogP contribution in [-0.2, 0) is 4.79 Å². The van der Waals surface area contributed by atoms with Gasteiger partial charge in [0.2, 0.25) is 5.91 Å². The number of hydrazine groups is 1. The lowest BCUT2D eigenvalue weighted by Gasteiger charge is -2.09. The number of nitrogens with one attached hydrogen (secondary N) is 3. The molecule has 23 heavy (non-hydrogen) atoms. The van der Waals surface area contributed by atoms with E-state index >= 15 is 0 Å². The summed E-state index contributed by atoms with van der Waals surface area (Å²) in [6.07, 6.45) is 1.56. The Bertz CT molecular complexity index is 802. The van der Waals surface area contributed by atoms with Crippen LogP contribution in [0.25, 0.3) is 0 Å². The second-order valence-corrected chi connectivity index (χ2v) is 5.87. The van der Waals surface area contributed by atoms with Crippen molar-refractivity contribution in [1.29, 1.82) is 0 Å². The smallest absolute Gasteiger partial charge is 0.229 e. The average Bonchev–Trinajstić information content (AvgIpc) is 2.66. The van der Waals surface area contributed by atoms with Crippen LogP contribution in [0.15, 0.2) is 64.8 Å². The molecule has 0 spiro atoms. The minimum Gasteiger partial charge on any atom is -0.325 e. The van der Waals surface area contributed by atoms with Gasteiger partial charge in [0.15, 0.2) is 5.78 Å².